The molecule has 0 bridgehead atoms. The summed E-state index contributed by atoms with van der Waals surface area (Å²) in [5.41, 5.74) is 3.80. The first-order valence-corrected chi connectivity index (χ1v) is 7.87. The van der Waals surface area contributed by atoms with Gasteiger partial charge in [0.15, 0.2) is 0 Å². The van der Waals surface area contributed by atoms with Gasteiger partial charge in [0.25, 0.3) is 0 Å². The average Bonchev–Trinajstić information content (AvgIpc) is 3.20. The van der Waals surface area contributed by atoms with Crippen molar-refractivity contribution >= 4 is 12.4 Å². The molecule has 1 saturated carbocycles. The molecule has 0 radical (unpaired) electrons. The lowest BCUT2D eigenvalue weighted by atomic mass is 9.86. The fourth-order valence-corrected chi connectivity index (χ4v) is 4.12. The fraction of sp³-hybridized carbons (Fsp3) is 0.647. The SMILES string of the molecule is Cl.c1ccc2c(c1)CN(CC1CCNCC1)CC21CC1. The molecule has 2 nitrogen and oxygen atoms in total. The second-order valence-corrected chi connectivity index (χ2v) is 6.80. The normalized spacial score (nSPS) is 25.0. The zero-order chi connectivity index (χ0) is 12.7. The van der Waals surface area contributed by atoms with E-state index >= 15 is 0 Å². The van der Waals surface area contributed by atoms with Crippen LogP contribution in [0.2, 0.25) is 0 Å². The monoisotopic (exact) mass is 292 g/mol. The van der Waals surface area contributed by atoms with Gasteiger partial charge in [0, 0.05) is 25.0 Å². The Morgan fingerprint density at radius 3 is 2.65 bits per heavy atom. The number of halogens is 1. The molecule has 0 unspecified atom stereocenters. The molecule has 20 heavy (non-hydrogen) atoms. The summed E-state index contributed by atoms with van der Waals surface area (Å²) in [5.74, 6) is 0.919. The van der Waals surface area contributed by atoms with Crippen LogP contribution in [-0.4, -0.2) is 31.1 Å². The Kier molecular flexibility index (Phi) is 4.07. The van der Waals surface area contributed by atoms with Crippen LogP contribution in [0.25, 0.3) is 0 Å². The van der Waals surface area contributed by atoms with Gasteiger partial charge in [-0.3, -0.25) is 4.90 Å². The Morgan fingerprint density at radius 2 is 1.90 bits per heavy atom. The maximum absolute atomic E-state index is 3.48. The van der Waals surface area contributed by atoms with Gasteiger partial charge in [0.05, 0.1) is 0 Å². The molecule has 1 N–H and O–H groups in total. The van der Waals surface area contributed by atoms with E-state index < -0.39 is 0 Å². The zero-order valence-electron chi connectivity index (χ0n) is 12.1. The van der Waals surface area contributed by atoms with Crippen LogP contribution in [0.5, 0.6) is 0 Å². The minimum absolute atomic E-state index is 0. The lowest BCUT2D eigenvalue weighted by molar-refractivity contribution is 0.171. The number of hydrogen-bond acceptors (Lipinski definition) is 2. The molecule has 0 aromatic heterocycles. The van der Waals surface area contributed by atoms with Gasteiger partial charge in [-0.25, -0.2) is 0 Å². The molecule has 1 saturated heterocycles. The third kappa shape index (κ3) is 2.61. The summed E-state index contributed by atoms with van der Waals surface area (Å²) >= 11 is 0. The highest BCUT2D eigenvalue weighted by Gasteiger charge is 2.48. The summed E-state index contributed by atoms with van der Waals surface area (Å²) in [5, 5.41) is 3.48. The topological polar surface area (TPSA) is 15.3 Å². The van der Waals surface area contributed by atoms with Gasteiger partial charge in [-0.05, 0) is 55.8 Å². The van der Waals surface area contributed by atoms with Crippen molar-refractivity contribution < 1.29 is 0 Å². The number of fused-ring (bicyclic) bond motifs is 2. The van der Waals surface area contributed by atoms with E-state index in [0.717, 1.165) is 5.92 Å². The van der Waals surface area contributed by atoms with E-state index in [0.29, 0.717) is 5.41 Å². The van der Waals surface area contributed by atoms with E-state index in [1.807, 2.05) is 0 Å². The van der Waals surface area contributed by atoms with Gasteiger partial charge >= 0.3 is 0 Å². The van der Waals surface area contributed by atoms with Crippen molar-refractivity contribution in [1.29, 1.82) is 0 Å². The predicted molar refractivity (Wildman–Crippen MR) is 85.5 cm³/mol. The molecule has 0 amide bonds. The molecule has 3 heteroatoms. The molecular formula is C17H25ClN2. The molecule has 0 atom stereocenters. The number of nitrogens with one attached hydrogen (secondary N) is 1. The van der Waals surface area contributed by atoms with Gasteiger partial charge in [-0.2, -0.15) is 0 Å². The Balaban J connectivity index is 0.00000121. The third-order valence-electron chi connectivity index (χ3n) is 5.34. The fourth-order valence-electron chi connectivity index (χ4n) is 4.12. The van der Waals surface area contributed by atoms with Crippen LogP contribution >= 0.6 is 12.4 Å². The highest BCUT2D eigenvalue weighted by Crippen LogP contribution is 2.52. The van der Waals surface area contributed by atoms with Gasteiger partial charge in [-0.15, -0.1) is 12.4 Å². The van der Waals surface area contributed by atoms with Crippen molar-refractivity contribution in [2.24, 2.45) is 5.92 Å². The summed E-state index contributed by atoms with van der Waals surface area (Å²) in [7, 11) is 0. The summed E-state index contributed by atoms with van der Waals surface area (Å²) < 4.78 is 0. The molecule has 1 spiro atoms. The van der Waals surface area contributed by atoms with Crippen molar-refractivity contribution in [2.45, 2.75) is 37.6 Å². The van der Waals surface area contributed by atoms with Crippen molar-refractivity contribution in [1.82, 2.24) is 10.2 Å². The molecule has 1 aromatic carbocycles. The van der Waals surface area contributed by atoms with Crippen LogP contribution in [0.3, 0.4) is 0 Å². The van der Waals surface area contributed by atoms with Crippen LogP contribution in [0.4, 0.5) is 0 Å². The van der Waals surface area contributed by atoms with Crippen LogP contribution in [0.1, 0.15) is 36.8 Å². The zero-order valence-corrected chi connectivity index (χ0v) is 12.9. The summed E-state index contributed by atoms with van der Waals surface area (Å²) in [6.45, 7) is 6.26. The second kappa shape index (κ2) is 5.67. The first-order chi connectivity index (χ1) is 9.36. The largest absolute Gasteiger partial charge is 0.317 e. The van der Waals surface area contributed by atoms with E-state index in [-0.39, 0.29) is 12.4 Å². The molecular weight excluding hydrogens is 268 g/mol. The average molecular weight is 293 g/mol. The number of nitrogens with zero attached hydrogens (tertiary/aromatic N) is 1. The Hall–Kier alpha value is -0.570. The highest BCUT2D eigenvalue weighted by molar-refractivity contribution is 5.85. The molecule has 2 fully saturated rings. The molecule has 1 aliphatic carbocycles. The van der Waals surface area contributed by atoms with Crippen molar-refractivity contribution in [3.8, 4) is 0 Å². The van der Waals surface area contributed by atoms with E-state index in [1.165, 1.54) is 58.4 Å². The summed E-state index contributed by atoms with van der Waals surface area (Å²) in [6, 6.07) is 9.17. The third-order valence-corrected chi connectivity index (χ3v) is 5.34. The minimum atomic E-state index is 0. The first-order valence-electron chi connectivity index (χ1n) is 7.87. The quantitative estimate of drug-likeness (QED) is 0.902. The van der Waals surface area contributed by atoms with Gasteiger partial charge in [0.2, 0.25) is 0 Å². The van der Waals surface area contributed by atoms with Gasteiger partial charge in [-0.1, -0.05) is 24.3 Å². The molecule has 4 rings (SSSR count). The number of rotatable bonds is 2. The van der Waals surface area contributed by atoms with E-state index in [2.05, 4.69) is 34.5 Å². The van der Waals surface area contributed by atoms with E-state index in [4.69, 9.17) is 0 Å². The van der Waals surface area contributed by atoms with Crippen molar-refractivity contribution in [3.63, 3.8) is 0 Å². The Morgan fingerprint density at radius 1 is 1.15 bits per heavy atom. The Labute approximate surface area is 128 Å². The molecule has 3 aliphatic rings. The van der Waals surface area contributed by atoms with E-state index in [1.54, 1.807) is 11.1 Å². The molecule has 110 valence electrons. The van der Waals surface area contributed by atoms with Crippen molar-refractivity contribution in [2.75, 3.05) is 26.2 Å². The van der Waals surface area contributed by atoms with Gasteiger partial charge < -0.3 is 5.32 Å². The number of piperidine rings is 1. The smallest absolute Gasteiger partial charge is 0.0237 e. The molecule has 2 heterocycles. The predicted octanol–water partition coefficient (Wildman–Crippen LogP) is 2.96. The lowest BCUT2D eigenvalue weighted by Crippen LogP contribution is -2.42. The minimum Gasteiger partial charge on any atom is -0.317 e. The van der Waals surface area contributed by atoms with Crippen LogP contribution in [0.15, 0.2) is 24.3 Å². The maximum atomic E-state index is 3.48. The van der Waals surface area contributed by atoms with Crippen LogP contribution in [0, 0.1) is 5.92 Å². The molecule has 1 aromatic rings. The number of hydrogen-bond donors (Lipinski definition) is 1. The molecule has 2 aliphatic heterocycles. The second-order valence-electron chi connectivity index (χ2n) is 6.80. The van der Waals surface area contributed by atoms with Crippen molar-refractivity contribution in [3.05, 3.63) is 35.4 Å². The summed E-state index contributed by atoms with van der Waals surface area (Å²) in [6.07, 6.45) is 5.55. The number of benzene rings is 1. The van der Waals surface area contributed by atoms with Crippen LogP contribution in [-0.2, 0) is 12.0 Å². The standard InChI is InChI=1S/C17H24N2.ClH/c1-2-4-16-15(3-1)12-19(13-17(16)7-8-17)11-14-5-9-18-10-6-14;/h1-4,14,18H,5-13H2;1H. The highest BCUT2D eigenvalue weighted by atomic mass is 35.5. The maximum Gasteiger partial charge on any atom is 0.0237 e. The van der Waals surface area contributed by atoms with E-state index in [9.17, 15) is 0 Å². The Bertz CT molecular complexity index is 464. The lowest BCUT2D eigenvalue weighted by Gasteiger charge is -2.37. The summed E-state index contributed by atoms with van der Waals surface area (Å²) in [4.78, 5) is 2.74. The first kappa shape index (κ1) is 14.4. The van der Waals surface area contributed by atoms with Crippen LogP contribution < -0.4 is 5.32 Å². The van der Waals surface area contributed by atoms with Gasteiger partial charge in [0.1, 0.15) is 0 Å².